The lowest BCUT2D eigenvalue weighted by Gasteiger charge is -2.39. The number of benzene rings is 1. The Kier molecular flexibility index (Phi) is 3.76. The third kappa shape index (κ3) is 2.77. The van der Waals surface area contributed by atoms with Crippen molar-refractivity contribution in [2.75, 3.05) is 13.1 Å². The number of amides is 1. The number of aliphatic imine (C=N–C) groups is 2. The lowest BCUT2D eigenvalue weighted by molar-refractivity contribution is 0.0643. The summed E-state index contributed by atoms with van der Waals surface area (Å²) in [5, 5.41) is 0. The Bertz CT molecular complexity index is 771. The van der Waals surface area contributed by atoms with E-state index in [1.54, 1.807) is 4.90 Å². The van der Waals surface area contributed by atoms with Crippen molar-refractivity contribution in [2.24, 2.45) is 15.9 Å². The van der Waals surface area contributed by atoms with Crippen molar-refractivity contribution >= 4 is 17.5 Å². The van der Waals surface area contributed by atoms with Crippen LogP contribution in [0.2, 0.25) is 0 Å². The number of carbonyl (C=O) groups is 1. The highest BCUT2D eigenvalue weighted by Crippen LogP contribution is 2.26. The van der Waals surface area contributed by atoms with Gasteiger partial charge in [0.15, 0.2) is 0 Å². The second-order valence-corrected chi connectivity index (χ2v) is 6.32. The fourth-order valence-corrected chi connectivity index (χ4v) is 3.15. The fraction of sp³-hybridized carbons (Fsp3) is 0.316. The Morgan fingerprint density at radius 3 is 2.88 bits per heavy atom. The van der Waals surface area contributed by atoms with Crippen molar-refractivity contribution < 1.29 is 9.53 Å². The van der Waals surface area contributed by atoms with Gasteiger partial charge in [-0.2, -0.15) is 0 Å². The molecule has 1 aromatic rings. The summed E-state index contributed by atoms with van der Waals surface area (Å²) in [6, 6.07) is 9.78. The molecule has 122 valence electrons. The SMILES string of the molecule is CC1=CC(C2CN(C(=O)OCc3ccccc3)C2)=NC2C=CN=C12. The Labute approximate surface area is 141 Å². The maximum absolute atomic E-state index is 12.1. The van der Waals surface area contributed by atoms with E-state index in [0.717, 1.165) is 17.0 Å². The van der Waals surface area contributed by atoms with Crippen LogP contribution in [0.15, 0.2) is 64.2 Å². The molecule has 3 aliphatic rings. The average Bonchev–Trinajstić information content (AvgIpc) is 3.02. The summed E-state index contributed by atoms with van der Waals surface area (Å²) in [4.78, 5) is 22.9. The number of allylic oxidation sites excluding steroid dienone is 1. The van der Waals surface area contributed by atoms with Crippen LogP contribution in [-0.2, 0) is 11.3 Å². The molecule has 0 N–H and O–H groups in total. The Morgan fingerprint density at radius 2 is 2.08 bits per heavy atom. The van der Waals surface area contributed by atoms with E-state index in [-0.39, 0.29) is 12.1 Å². The van der Waals surface area contributed by atoms with Crippen molar-refractivity contribution in [3.8, 4) is 0 Å². The lowest BCUT2D eigenvalue weighted by Crippen LogP contribution is -2.53. The zero-order valence-corrected chi connectivity index (χ0v) is 13.6. The number of nitrogens with zero attached hydrogens (tertiary/aromatic N) is 3. The van der Waals surface area contributed by atoms with Gasteiger partial charge in [0.1, 0.15) is 12.6 Å². The maximum Gasteiger partial charge on any atom is 0.410 e. The fourth-order valence-electron chi connectivity index (χ4n) is 3.15. The first-order valence-corrected chi connectivity index (χ1v) is 8.17. The Hall–Kier alpha value is -2.69. The number of carbonyl (C=O) groups excluding carboxylic acids is 1. The van der Waals surface area contributed by atoms with Gasteiger partial charge in [0.2, 0.25) is 0 Å². The predicted octanol–water partition coefficient (Wildman–Crippen LogP) is 2.99. The Balaban J connectivity index is 1.31. The molecule has 3 heterocycles. The molecule has 0 radical (unpaired) electrons. The summed E-state index contributed by atoms with van der Waals surface area (Å²) in [7, 11) is 0. The first-order chi connectivity index (χ1) is 11.7. The molecule has 5 heteroatoms. The van der Waals surface area contributed by atoms with Gasteiger partial charge in [-0.25, -0.2) is 4.79 Å². The summed E-state index contributed by atoms with van der Waals surface area (Å²) in [6.45, 7) is 3.71. The first kappa shape index (κ1) is 14.9. The lowest BCUT2D eigenvalue weighted by atomic mass is 9.89. The standard InChI is InChI=1S/C19H19N3O2/c1-13-9-17(21-16-7-8-20-18(13)16)15-10-22(11-15)19(23)24-12-14-5-3-2-4-6-14/h2-9,15-16H,10-12H2,1H3. The summed E-state index contributed by atoms with van der Waals surface area (Å²) >= 11 is 0. The molecule has 0 spiro atoms. The topological polar surface area (TPSA) is 54.3 Å². The van der Waals surface area contributed by atoms with Gasteiger partial charge in [-0.1, -0.05) is 30.3 Å². The molecule has 1 saturated heterocycles. The second kappa shape index (κ2) is 6.07. The molecule has 5 nitrogen and oxygen atoms in total. The molecule has 1 atom stereocenters. The smallest absolute Gasteiger partial charge is 0.410 e. The molecule has 0 bridgehead atoms. The van der Waals surface area contributed by atoms with Crippen LogP contribution >= 0.6 is 0 Å². The van der Waals surface area contributed by atoms with Crippen LogP contribution < -0.4 is 0 Å². The monoisotopic (exact) mass is 321 g/mol. The van der Waals surface area contributed by atoms with E-state index in [1.807, 2.05) is 42.6 Å². The summed E-state index contributed by atoms with van der Waals surface area (Å²) in [5.74, 6) is 0.291. The molecule has 3 aliphatic heterocycles. The van der Waals surface area contributed by atoms with Crippen LogP contribution in [0.25, 0.3) is 0 Å². The van der Waals surface area contributed by atoms with Gasteiger partial charge in [0.05, 0.1) is 5.71 Å². The highest BCUT2D eigenvalue weighted by atomic mass is 16.6. The van der Waals surface area contributed by atoms with E-state index >= 15 is 0 Å². The van der Waals surface area contributed by atoms with E-state index in [1.165, 1.54) is 5.57 Å². The minimum atomic E-state index is -0.254. The van der Waals surface area contributed by atoms with Gasteiger partial charge in [0, 0.05) is 30.9 Å². The third-order valence-corrected chi connectivity index (χ3v) is 4.58. The van der Waals surface area contributed by atoms with Gasteiger partial charge in [-0.15, -0.1) is 0 Å². The molecule has 0 aliphatic carbocycles. The zero-order valence-electron chi connectivity index (χ0n) is 13.6. The molecule has 24 heavy (non-hydrogen) atoms. The van der Waals surface area contributed by atoms with Gasteiger partial charge in [-0.3, -0.25) is 9.98 Å². The molecule has 1 fully saturated rings. The number of ether oxygens (including phenoxy) is 1. The summed E-state index contributed by atoms with van der Waals surface area (Å²) in [6.07, 6.45) is 5.67. The van der Waals surface area contributed by atoms with E-state index in [2.05, 4.69) is 18.0 Å². The van der Waals surface area contributed by atoms with Gasteiger partial charge < -0.3 is 9.64 Å². The van der Waals surface area contributed by atoms with Crippen LogP contribution in [0.3, 0.4) is 0 Å². The maximum atomic E-state index is 12.1. The molecule has 1 unspecified atom stereocenters. The van der Waals surface area contributed by atoms with Crippen LogP contribution in [0, 0.1) is 5.92 Å². The number of dihydropyridines is 1. The summed E-state index contributed by atoms with van der Waals surface area (Å²) < 4.78 is 5.36. The molecular weight excluding hydrogens is 302 g/mol. The minimum absolute atomic E-state index is 0.0593. The number of rotatable bonds is 3. The van der Waals surface area contributed by atoms with Crippen molar-refractivity contribution in [3.63, 3.8) is 0 Å². The number of fused-ring (bicyclic) bond motifs is 1. The molecule has 1 amide bonds. The average molecular weight is 321 g/mol. The highest BCUT2D eigenvalue weighted by Gasteiger charge is 2.36. The van der Waals surface area contributed by atoms with Crippen LogP contribution in [-0.4, -0.2) is 41.5 Å². The first-order valence-electron chi connectivity index (χ1n) is 8.17. The molecule has 0 aromatic heterocycles. The van der Waals surface area contributed by atoms with Crippen molar-refractivity contribution in [2.45, 2.75) is 19.6 Å². The quantitative estimate of drug-likeness (QED) is 0.859. The second-order valence-electron chi connectivity index (χ2n) is 6.32. The van der Waals surface area contributed by atoms with E-state index in [9.17, 15) is 4.79 Å². The third-order valence-electron chi connectivity index (χ3n) is 4.58. The van der Waals surface area contributed by atoms with Gasteiger partial charge >= 0.3 is 6.09 Å². The van der Waals surface area contributed by atoms with E-state index in [0.29, 0.717) is 25.6 Å². The number of likely N-dealkylation sites (tertiary alicyclic amines) is 1. The number of hydrogen-bond donors (Lipinski definition) is 0. The zero-order chi connectivity index (χ0) is 16.5. The van der Waals surface area contributed by atoms with Crippen molar-refractivity contribution in [1.82, 2.24) is 4.90 Å². The molecule has 1 aromatic carbocycles. The largest absolute Gasteiger partial charge is 0.445 e. The van der Waals surface area contributed by atoms with Crippen LogP contribution in [0.5, 0.6) is 0 Å². The molecule has 4 rings (SSSR count). The van der Waals surface area contributed by atoms with E-state index in [4.69, 9.17) is 9.73 Å². The van der Waals surface area contributed by atoms with Crippen LogP contribution in [0.4, 0.5) is 4.79 Å². The number of hydrogen-bond acceptors (Lipinski definition) is 4. The highest BCUT2D eigenvalue weighted by molar-refractivity contribution is 6.16. The van der Waals surface area contributed by atoms with E-state index < -0.39 is 0 Å². The summed E-state index contributed by atoms with van der Waals surface area (Å²) in [5.41, 5.74) is 4.27. The Morgan fingerprint density at radius 1 is 1.29 bits per heavy atom. The minimum Gasteiger partial charge on any atom is -0.445 e. The van der Waals surface area contributed by atoms with Gasteiger partial charge in [0.25, 0.3) is 0 Å². The van der Waals surface area contributed by atoms with Gasteiger partial charge in [-0.05, 0) is 30.2 Å². The molecular formula is C19H19N3O2. The molecule has 0 saturated carbocycles. The predicted molar refractivity (Wildman–Crippen MR) is 93.2 cm³/mol. The van der Waals surface area contributed by atoms with Crippen LogP contribution in [0.1, 0.15) is 12.5 Å². The van der Waals surface area contributed by atoms with Crippen molar-refractivity contribution in [1.29, 1.82) is 0 Å². The normalized spacial score (nSPS) is 22.3. The van der Waals surface area contributed by atoms with Crippen molar-refractivity contribution in [3.05, 3.63) is 59.8 Å².